The van der Waals surface area contributed by atoms with Gasteiger partial charge in [0.15, 0.2) is 5.78 Å². The normalized spacial score (nSPS) is 12.5. The number of aryl methyl sites for hydroxylation is 2. The molecule has 82 valence electrons. The molecule has 0 saturated heterocycles. The highest BCUT2D eigenvalue weighted by atomic mass is 79.9. The summed E-state index contributed by atoms with van der Waals surface area (Å²) in [6.45, 7) is 6.14. The molecule has 1 nitrogen and oxygen atoms in total. The molecule has 0 aliphatic rings. The Morgan fingerprint density at radius 3 is 2.33 bits per heavy atom. The van der Waals surface area contributed by atoms with Gasteiger partial charge in [-0.25, -0.2) is 0 Å². The molecule has 0 spiro atoms. The molecular formula is C13H17BrO. The van der Waals surface area contributed by atoms with Crippen molar-refractivity contribution in [2.75, 3.05) is 0 Å². The minimum Gasteiger partial charge on any atom is -0.298 e. The van der Waals surface area contributed by atoms with Crippen LogP contribution in [0.2, 0.25) is 0 Å². The average molecular weight is 269 g/mol. The molecule has 1 aromatic rings. The van der Waals surface area contributed by atoms with Crippen LogP contribution in [0.3, 0.4) is 0 Å². The van der Waals surface area contributed by atoms with Gasteiger partial charge in [-0.2, -0.15) is 0 Å². The highest BCUT2D eigenvalue weighted by Crippen LogP contribution is 2.17. The number of alkyl halides is 1. The van der Waals surface area contributed by atoms with Crippen LogP contribution in [-0.2, 0) is 11.2 Å². The molecule has 0 heterocycles. The van der Waals surface area contributed by atoms with Gasteiger partial charge in [0.05, 0.1) is 4.83 Å². The molecule has 0 saturated carbocycles. The van der Waals surface area contributed by atoms with Crippen molar-refractivity contribution in [2.24, 2.45) is 0 Å². The van der Waals surface area contributed by atoms with E-state index in [9.17, 15) is 4.79 Å². The van der Waals surface area contributed by atoms with Crippen molar-refractivity contribution < 1.29 is 4.79 Å². The first kappa shape index (κ1) is 12.4. The van der Waals surface area contributed by atoms with E-state index in [1.165, 1.54) is 16.7 Å². The Morgan fingerprint density at radius 2 is 1.87 bits per heavy atom. The fourth-order valence-corrected chi connectivity index (χ4v) is 1.80. The van der Waals surface area contributed by atoms with Gasteiger partial charge in [-0.05, 0) is 37.0 Å². The quantitative estimate of drug-likeness (QED) is 0.763. The topological polar surface area (TPSA) is 17.1 Å². The Balaban J connectivity index is 2.85. The second kappa shape index (κ2) is 5.45. The maximum Gasteiger partial charge on any atom is 0.150 e. The minimum absolute atomic E-state index is 0.00324. The summed E-state index contributed by atoms with van der Waals surface area (Å²) in [7, 11) is 0. The summed E-state index contributed by atoms with van der Waals surface area (Å²) in [5, 5.41) is 0. The maximum atomic E-state index is 11.8. The van der Waals surface area contributed by atoms with E-state index in [4.69, 9.17) is 0 Å². The van der Waals surface area contributed by atoms with Crippen molar-refractivity contribution in [1.29, 1.82) is 0 Å². The monoisotopic (exact) mass is 268 g/mol. The Bertz CT molecular complexity index is 337. The van der Waals surface area contributed by atoms with Gasteiger partial charge in [0.1, 0.15) is 0 Å². The minimum atomic E-state index is -0.00324. The van der Waals surface area contributed by atoms with Gasteiger partial charge in [0.25, 0.3) is 0 Å². The number of hydrogen-bond acceptors (Lipinski definition) is 1. The van der Waals surface area contributed by atoms with Crippen LogP contribution >= 0.6 is 15.9 Å². The summed E-state index contributed by atoms with van der Waals surface area (Å²) in [4.78, 5) is 11.8. The van der Waals surface area contributed by atoms with E-state index in [1.807, 2.05) is 13.0 Å². The van der Waals surface area contributed by atoms with Crippen LogP contribution in [0.25, 0.3) is 0 Å². The molecule has 0 N–H and O–H groups in total. The molecule has 2 heteroatoms. The number of carbonyl (C=O) groups is 1. The SMILES string of the molecule is CCC(Br)C(=O)Cc1c(C)cccc1C. The van der Waals surface area contributed by atoms with Crippen molar-refractivity contribution in [2.45, 2.75) is 38.4 Å². The van der Waals surface area contributed by atoms with Crippen LogP contribution in [0.5, 0.6) is 0 Å². The molecule has 0 radical (unpaired) electrons. The number of hydrogen-bond donors (Lipinski definition) is 0. The van der Waals surface area contributed by atoms with Gasteiger partial charge in [0.2, 0.25) is 0 Å². The van der Waals surface area contributed by atoms with E-state index in [-0.39, 0.29) is 10.6 Å². The van der Waals surface area contributed by atoms with Crippen molar-refractivity contribution >= 4 is 21.7 Å². The number of rotatable bonds is 4. The molecule has 15 heavy (non-hydrogen) atoms. The van der Waals surface area contributed by atoms with Gasteiger partial charge in [-0.3, -0.25) is 4.79 Å². The first-order valence-electron chi connectivity index (χ1n) is 5.28. The summed E-state index contributed by atoms with van der Waals surface area (Å²) in [5.74, 6) is 0.273. The third-order valence-corrected chi connectivity index (χ3v) is 3.86. The van der Waals surface area contributed by atoms with Gasteiger partial charge in [-0.1, -0.05) is 41.1 Å². The van der Waals surface area contributed by atoms with Crippen molar-refractivity contribution in [3.63, 3.8) is 0 Å². The number of benzene rings is 1. The molecule has 0 bridgehead atoms. The zero-order valence-electron chi connectivity index (χ0n) is 9.51. The molecule has 0 fully saturated rings. The Kier molecular flexibility index (Phi) is 4.52. The van der Waals surface area contributed by atoms with Gasteiger partial charge in [0, 0.05) is 6.42 Å². The number of halogens is 1. The van der Waals surface area contributed by atoms with Gasteiger partial charge >= 0.3 is 0 Å². The smallest absolute Gasteiger partial charge is 0.150 e. The zero-order valence-corrected chi connectivity index (χ0v) is 11.1. The van der Waals surface area contributed by atoms with E-state index in [0.717, 1.165) is 6.42 Å². The van der Waals surface area contributed by atoms with Crippen molar-refractivity contribution in [1.82, 2.24) is 0 Å². The van der Waals surface area contributed by atoms with Crippen molar-refractivity contribution in [3.8, 4) is 0 Å². The van der Waals surface area contributed by atoms with E-state index in [2.05, 4.69) is 41.9 Å². The number of ketones is 1. The van der Waals surface area contributed by atoms with Crippen molar-refractivity contribution in [3.05, 3.63) is 34.9 Å². The molecule has 0 aromatic heterocycles. The lowest BCUT2D eigenvalue weighted by Gasteiger charge is -2.10. The summed E-state index contributed by atoms with van der Waals surface area (Å²) < 4.78 is 0. The molecule has 0 aliphatic heterocycles. The largest absolute Gasteiger partial charge is 0.298 e. The lowest BCUT2D eigenvalue weighted by atomic mass is 9.97. The molecule has 0 amide bonds. The zero-order chi connectivity index (χ0) is 11.4. The van der Waals surface area contributed by atoms with E-state index >= 15 is 0 Å². The predicted octanol–water partition coefficient (Wildman–Crippen LogP) is 3.59. The van der Waals surface area contributed by atoms with Crippen LogP contribution in [0.15, 0.2) is 18.2 Å². The third-order valence-electron chi connectivity index (χ3n) is 2.70. The molecule has 1 unspecified atom stereocenters. The average Bonchev–Trinajstić information content (AvgIpc) is 2.22. The predicted molar refractivity (Wildman–Crippen MR) is 67.6 cm³/mol. The number of Topliss-reactive ketones (excluding diaryl/α,β-unsaturated/α-hetero) is 1. The summed E-state index contributed by atoms with van der Waals surface area (Å²) in [5.41, 5.74) is 3.60. The van der Waals surface area contributed by atoms with Gasteiger partial charge in [-0.15, -0.1) is 0 Å². The van der Waals surface area contributed by atoms with Crippen LogP contribution in [0.1, 0.15) is 30.0 Å². The number of carbonyl (C=O) groups excluding carboxylic acids is 1. The maximum absolute atomic E-state index is 11.8. The highest BCUT2D eigenvalue weighted by molar-refractivity contribution is 9.10. The van der Waals surface area contributed by atoms with E-state index in [0.29, 0.717) is 6.42 Å². The fraction of sp³-hybridized carbons (Fsp3) is 0.462. The fourth-order valence-electron chi connectivity index (χ4n) is 1.64. The van der Waals surface area contributed by atoms with E-state index < -0.39 is 0 Å². The molecule has 1 atom stereocenters. The molecule has 0 aliphatic carbocycles. The Hall–Kier alpha value is -0.630. The highest BCUT2D eigenvalue weighted by Gasteiger charge is 2.14. The lowest BCUT2D eigenvalue weighted by Crippen LogP contribution is -2.16. The third kappa shape index (κ3) is 3.16. The van der Waals surface area contributed by atoms with Crippen LogP contribution in [0.4, 0.5) is 0 Å². The summed E-state index contributed by atoms with van der Waals surface area (Å²) >= 11 is 3.40. The van der Waals surface area contributed by atoms with Crippen LogP contribution in [0, 0.1) is 13.8 Å². The standard InChI is InChI=1S/C13H17BrO/c1-4-12(14)13(15)8-11-9(2)6-5-7-10(11)3/h5-7,12H,4,8H2,1-3H3. The summed E-state index contributed by atoms with van der Waals surface area (Å²) in [6.07, 6.45) is 1.39. The second-order valence-electron chi connectivity index (χ2n) is 3.89. The van der Waals surface area contributed by atoms with Crippen LogP contribution < -0.4 is 0 Å². The molecule has 1 rings (SSSR count). The van der Waals surface area contributed by atoms with Crippen LogP contribution in [-0.4, -0.2) is 10.6 Å². The molecular weight excluding hydrogens is 252 g/mol. The summed E-state index contributed by atoms with van der Waals surface area (Å²) in [6, 6.07) is 6.15. The first-order chi connectivity index (χ1) is 7.06. The molecule has 1 aromatic carbocycles. The second-order valence-corrected chi connectivity index (χ2v) is 4.99. The van der Waals surface area contributed by atoms with E-state index in [1.54, 1.807) is 0 Å². The van der Waals surface area contributed by atoms with Gasteiger partial charge < -0.3 is 0 Å². The first-order valence-corrected chi connectivity index (χ1v) is 6.19. The Morgan fingerprint density at radius 1 is 1.33 bits per heavy atom. The lowest BCUT2D eigenvalue weighted by molar-refractivity contribution is -0.117. The Labute approximate surface area is 100 Å².